The van der Waals surface area contributed by atoms with Gasteiger partial charge in [0.15, 0.2) is 0 Å². The zero-order valence-electron chi connectivity index (χ0n) is 12.2. The molecule has 0 radical (unpaired) electrons. The van der Waals surface area contributed by atoms with Crippen molar-refractivity contribution in [2.45, 2.75) is 44.0 Å². The molecule has 1 rings (SSSR count). The number of halogens is 1. The zero-order valence-corrected chi connectivity index (χ0v) is 13.8. The second kappa shape index (κ2) is 10.4. The first-order valence-electron chi connectivity index (χ1n) is 7.13. The minimum atomic E-state index is -0.460. The molecular weight excluding hydrogens is 336 g/mol. The number of benzene rings is 1. The average molecular weight is 357 g/mol. The lowest BCUT2D eigenvalue weighted by Gasteiger charge is -2.10. The zero-order chi connectivity index (χ0) is 15.5. The second-order valence-electron chi connectivity index (χ2n) is 4.67. The number of hydrogen-bond acceptors (Lipinski definition) is 4. The van der Waals surface area contributed by atoms with Gasteiger partial charge < -0.3 is 9.47 Å². The van der Waals surface area contributed by atoms with E-state index in [0.29, 0.717) is 13.0 Å². The Kier molecular flexibility index (Phi) is 8.74. The molecule has 21 heavy (non-hydrogen) atoms. The molecule has 0 aliphatic carbocycles. The summed E-state index contributed by atoms with van der Waals surface area (Å²) in [5.74, 6) is -0.635. The molecule has 4 nitrogen and oxygen atoms in total. The quantitative estimate of drug-likeness (QED) is 0.385. The molecule has 5 heteroatoms. The molecule has 1 aromatic rings. The van der Waals surface area contributed by atoms with Crippen LogP contribution in [0.3, 0.4) is 0 Å². The SMILES string of the molecule is CCCCOC(=O)C(Br)CCC(=O)OCc1ccccc1. The number of carbonyl (C=O) groups is 2. The lowest BCUT2D eigenvalue weighted by atomic mass is 10.2. The lowest BCUT2D eigenvalue weighted by Crippen LogP contribution is -2.19. The summed E-state index contributed by atoms with van der Waals surface area (Å²) in [6.45, 7) is 2.71. The Morgan fingerprint density at radius 3 is 2.57 bits per heavy atom. The van der Waals surface area contributed by atoms with Gasteiger partial charge in [-0.05, 0) is 18.4 Å². The van der Waals surface area contributed by atoms with Crippen LogP contribution in [0, 0.1) is 0 Å². The fourth-order valence-electron chi connectivity index (χ4n) is 1.58. The van der Waals surface area contributed by atoms with Crippen molar-refractivity contribution < 1.29 is 19.1 Å². The van der Waals surface area contributed by atoms with Crippen molar-refractivity contribution in [2.75, 3.05) is 6.61 Å². The highest BCUT2D eigenvalue weighted by Crippen LogP contribution is 2.12. The van der Waals surface area contributed by atoms with Gasteiger partial charge in [0.1, 0.15) is 11.4 Å². The smallest absolute Gasteiger partial charge is 0.319 e. The Balaban J connectivity index is 2.18. The number of ether oxygens (including phenoxy) is 2. The van der Waals surface area contributed by atoms with Crippen LogP contribution in [-0.2, 0) is 25.7 Å². The Labute approximate surface area is 133 Å². The molecule has 0 aromatic heterocycles. The van der Waals surface area contributed by atoms with E-state index >= 15 is 0 Å². The summed E-state index contributed by atoms with van der Waals surface area (Å²) in [6.07, 6.45) is 2.39. The molecule has 0 heterocycles. The van der Waals surface area contributed by atoms with Crippen LogP contribution in [0.2, 0.25) is 0 Å². The predicted molar refractivity (Wildman–Crippen MR) is 84.1 cm³/mol. The fourth-order valence-corrected chi connectivity index (χ4v) is 1.94. The first-order valence-corrected chi connectivity index (χ1v) is 8.05. The van der Waals surface area contributed by atoms with Crippen LogP contribution in [0.15, 0.2) is 30.3 Å². The van der Waals surface area contributed by atoms with Gasteiger partial charge in [-0.3, -0.25) is 9.59 Å². The van der Waals surface area contributed by atoms with Gasteiger partial charge in [-0.2, -0.15) is 0 Å². The second-order valence-corrected chi connectivity index (χ2v) is 5.78. The van der Waals surface area contributed by atoms with Crippen LogP contribution in [0.1, 0.15) is 38.2 Å². The minimum Gasteiger partial charge on any atom is -0.465 e. The molecule has 1 atom stereocenters. The largest absolute Gasteiger partial charge is 0.465 e. The van der Waals surface area contributed by atoms with Crippen molar-refractivity contribution in [3.05, 3.63) is 35.9 Å². The van der Waals surface area contributed by atoms with Crippen LogP contribution in [0.5, 0.6) is 0 Å². The van der Waals surface area contributed by atoms with E-state index in [1.165, 1.54) is 0 Å². The summed E-state index contributed by atoms with van der Waals surface area (Å²) in [7, 11) is 0. The van der Waals surface area contributed by atoms with E-state index in [2.05, 4.69) is 15.9 Å². The van der Waals surface area contributed by atoms with Crippen molar-refractivity contribution in [2.24, 2.45) is 0 Å². The van der Waals surface area contributed by atoms with Crippen LogP contribution in [-0.4, -0.2) is 23.4 Å². The summed E-state index contributed by atoms with van der Waals surface area (Å²) in [4.78, 5) is 22.7. The Morgan fingerprint density at radius 2 is 1.90 bits per heavy atom. The van der Waals surface area contributed by atoms with E-state index in [1.807, 2.05) is 37.3 Å². The number of rotatable bonds is 9. The lowest BCUT2D eigenvalue weighted by molar-refractivity contribution is -0.145. The van der Waals surface area contributed by atoms with E-state index in [0.717, 1.165) is 18.4 Å². The molecular formula is C16H21BrO4. The van der Waals surface area contributed by atoms with Gasteiger partial charge in [-0.1, -0.05) is 59.6 Å². The summed E-state index contributed by atoms with van der Waals surface area (Å²) in [6, 6.07) is 9.48. The van der Waals surface area contributed by atoms with Crippen molar-refractivity contribution >= 4 is 27.9 Å². The van der Waals surface area contributed by atoms with Gasteiger partial charge in [-0.25, -0.2) is 0 Å². The topological polar surface area (TPSA) is 52.6 Å². The average Bonchev–Trinajstić information content (AvgIpc) is 2.51. The molecule has 0 spiro atoms. The maximum atomic E-state index is 11.6. The van der Waals surface area contributed by atoms with Gasteiger partial charge in [0.05, 0.1) is 6.61 Å². The summed E-state index contributed by atoms with van der Waals surface area (Å²) in [5, 5.41) is 0. The molecule has 0 N–H and O–H groups in total. The van der Waals surface area contributed by atoms with Gasteiger partial charge in [0.25, 0.3) is 0 Å². The van der Waals surface area contributed by atoms with Crippen LogP contribution in [0.25, 0.3) is 0 Å². The molecule has 0 saturated heterocycles. The van der Waals surface area contributed by atoms with E-state index < -0.39 is 4.83 Å². The van der Waals surface area contributed by atoms with E-state index in [9.17, 15) is 9.59 Å². The highest BCUT2D eigenvalue weighted by molar-refractivity contribution is 9.10. The van der Waals surface area contributed by atoms with Crippen LogP contribution >= 0.6 is 15.9 Å². The van der Waals surface area contributed by atoms with Crippen molar-refractivity contribution in [3.8, 4) is 0 Å². The monoisotopic (exact) mass is 356 g/mol. The number of alkyl halides is 1. The molecule has 0 bridgehead atoms. The van der Waals surface area contributed by atoms with Gasteiger partial charge in [0.2, 0.25) is 0 Å². The summed E-state index contributed by atoms with van der Waals surface area (Å²) < 4.78 is 10.2. The van der Waals surface area contributed by atoms with Crippen molar-refractivity contribution in [1.82, 2.24) is 0 Å². The molecule has 0 saturated carbocycles. The van der Waals surface area contributed by atoms with Crippen molar-refractivity contribution in [1.29, 1.82) is 0 Å². The van der Waals surface area contributed by atoms with E-state index in [1.54, 1.807) is 0 Å². The highest BCUT2D eigenvalue weighted by Gasteiger charge is 2.18. The molecule has 1 aromatic carbocycles. The molecule has 116 valence electrons. The van der Waals surface area contributed by atoms with Gasteiger partial charge >= 0.3 is 11.9 Å². The van der Waals surface area contributed by atoms with Gasteiger partial charge in [-0.15, -0.1) is 0 Å². The maximum Gasteiger partial charge on any atom is 0.319 e. The third kappa shape index (κ3) is 7.85. The van der Waals surface area contributed by atoms with Crippen LogP contribution in [0.4, 0.5) is 0 Å². The summed E-state index contributed by atoms with van der Waals surface area (Å²) in [5.41, 5.74) is 0.945. The fraction of sp³-hybridized carbons (Fsp3) is 0.500. The standard InChI is InChI=1S/C16H21BrO4/c1-2-3-11-20-16(19)14(17)9-10-15(18)21-12-13-7-5-4-6-8-13/h4-8,14H,2-3,9-12H2,1H3. The minimum absolute atomic E-state index is 0.186. The van der Waals surface area contributed by atoms with Crippen molar-refractivity contribution in [3.63, 3.8) is 0 Å². The molecule has 1 unspecified atom stereocenters. The number of carbonyl (C=O) groups excluding carboxylic acids is 2. The molecule has 0 aliphatic heterocycles. The number of esters is 2. The third-order valence-electron chi connectivity index (χ3n) is 2.84. The third-order valence-corrected chi connectivity index (χ3v) is 3.67. The van der Waals surface area contributed by atoms with E-state index in [-0.39, 0.29) is 25.0 Å². The number of hydrogen-bond donors (Lipinski definition) is 0. The normalized spacial score (nSPS) is 11.7. The van der Waals surface area contributed by atoms with Crippen LogP contribution < -0.4 is 0 Å². The first kappa shape index (κ1) is 17.7. The number of unbranched alkanes of at least 4 members (excludes halogenated alkanes) is 1. The summed E-state index contributed by atoms with van der Waals surface area (Å²) >= 11 is 3.24. The first-order chi connectivity index (χ1) is 10.1. The Morgan fingerprint density at radius 1 is 1.19 bits per heavy atom. The Bertz CT molecular complexity index is 433. The molecule has 0 amide bonds. The molecule has 0 fully saturated rings. The van der Waals surface area contributed by atoms with Gasteiger partial charge in [0, 0.05) is 6.42 Å². The maximum absolute atomic E-state index is 11.6. The molecule has 0 aliphatic rings. The highest BCUT2D eigenvalue weighted by atomic mass is 79.9. The van der Waals surface area contributed by atoms with E-state index in [4.69, 9.17) is 9.47 Å². The predicted octanol–water partition coefficient (Wildman–Crippen LogP) is 3.62. The Hall–Kier alpha value is -1.36.